The minimum atomic E-state index is -0.739. The highest BCUT2D eigenvalue weighted by Gasteiger charge is 2.30. The Morgan fingerprint density at radius 3 is 1.54 bits per heavy atom. The lowest BCUT2D eigenvalue weighted by atomic mass is 10.0. The van der Waals surface area contributed by atoms with Crippen LogP contribution in [0.1, 0.15) is 105 Å². The molecule has 2 N–H and O–H groups in total. The number of imidazole rings is 2. The van der Waals surface area contributed by atoms with E-state index in [1.165, 1.54) is 17.0 Å². The van der Waals surface area contributed by atoms with Gasteiger partial charge in [0.15, 0.2) is 11.3 Å². The largest absolute Gasteiger partial charge is 0.455 e. The summed E-state index contributed by atoms with van der Waals surface area (Å²) >= 11 is 3.58. The number of carbonyl (C=O) groups excluding carboxylic acids is 4. The Hall–Kier alpha value is -7.35. The summed E-state index contributed by atoms with van der Waals surface area (Å²) in [7, 11) is 3.15. The third-order valence-corrected chi connectivity index (χ3v) is 13.1. The first-order valence-electron chi connectivity index (χ1n) is 25.9. The number of fused-ring (bicyclic) bond motifs is 2. The van der Waals surface area contributed by atoms with Gasteiger partial charge in [0.1, 0.15) is 28.5 Å². The number of aryl methyl sites for hydroxylation is 3. The first kappa shape index (κ1) is 56.8. The Morgan fingerprint density at radius 2 is 1.10 bits per heavy atom. The molecule has 0 saturated heterocycles. The predicted octanol–water partition coefficient (Wildman–Crippen LogP) is 12.2. The normalized spacial score (nSPS) is 13.4. The molecule has 7 aromatic rings. The Balaban J connectivity index is 0.000000210. The molecule has 2 saturated carbocycles. The van der Waals surface area contributed by atoms with Crippen LogP contribution in [0.5, 0.6) is 11.5 Å². The number of nitrogens with zero attached hydrogens (tertiary/aromatic N) is 6. The fourth-order valence-corrected chi connectivity index (χ4v) is 8.95. The Morgan fingerprint density at radius 1 is 0.641 bits per heavy atom. The number of nitrogens with one attached hydrogen (secondary N) is 2. The number of carbonyl (C=O) groups is 4. The molecule has 0 aliphatic heterocycles. The van der Waals surface area contributed by atoms with Crippen molar-refractivity contribution < 1.29 is 47.3 Å². The maximum atomic E-state index is 14.1. The second-order valence-electron chi connectivity index (χ2n) is 21.6. The van der Waals surface area contributed by atoms with E-state index in [9.17, 15) is 23.6 Å². The van der Waals surface area contributed by atoms with Crippen molar-refractivity contribution in [2.24, 2.45) is 0 Å². The van der Waals surface area contributed by atoms with E-state index in [0.717, 1.165) is 63.7 Å². The van der Waals surface area contributed by atoms with Gasteiger partial charge in [-0.15, -0.1) is 0 Å². The van der Waals surface area contributed by atoms with E-state index in [-0.39, 0.29) is 31.0 Å². The zero-order chi connectivity index (χ0) is 56.2. The minimum Gasteiger partial charge on any atom is -0.455 e. The van der Waals surface area contributed by atoms with Crippen molar-refractivity contribution in [3.05, 3.63) is 130 Å². The van der Waals surface area contributed by atoms with Crippen LogP contribution in [0.4, 0.5) is 25.4 Å². The lowest BCUT2D eigenvalue weighted by Gasteiger charge is -2.28. The van der Waals surface area contributed by atoms with Gasteiger partial charge in [-0.05, 0) is 157 Å². The lowest BCUT2D eigenvalue weighted by Crippen LogP contribution is -2.39. The number of anilines is 2. The van der Waals surface area contributed by atoms with Crippen LogP contribution in [-0.4, -0.2) is 107 Å². The van der Waals surface area contributed by atoms with Gasteiger partial charge in [-0.1, -0.05) is 18.2 Å². The molecule has 78 heavy (non-hydrogen) atoms. The summed E-state index contributed by atoms with van der Waals surface area (Å²) in [6.07, 6.45) is 10.2. The molecule has 17 nitrogen and oxygen atoms in total. The lowest BCUT2D eigenvalue weighted by molar-refractivity contribution is 0.0559. The summed E-state index contributed by atoms with van der Waals surface area (Å²) in [5.41, 5.74) is 7.79. The second-order valence-corrected chi connectivity index (χ2v) is 22.5. The molecule has 2 aliphatic rings. The maximum absolute atomic E-state index is 14.1. The molecule has 4 heterocycles. The van der Waals surface area contributed by atoms with Crippen molar-refractivity contribution >= 4 is 62.6 Å². The van der Waals surface area contributed by atoms with Gasteiger partial charge in [0.05, 0.1) is 67.7 Å². The predicted molar refractivity (Wildman–Crippen MR) is 302 cm³/mol. The Labute approximate surface area is 462 Å². The van der Waals surface area contributed by atoms with Gasteiger partial charge < -0.3 is 34.3 Å². The summed E-state index contributed by atoms with van der Waals surface area (Å²) in [4.78, 5) is 64.2. The van der Waals surface area contributed by atoms with E-state index in [0.29, 0.717) is 70.2 Å². The van der Waals surface area contributed by atoms with E-state index in [1.807, 2.05) is 99.0 Å². The maximum Gasteiger partial charge on any atom is 0.415 e. The van der Waals surface area contributed by atoms with Crippen LogP contribution in [0.3, 0.4) is 0 Å². The monoisotopic (exact) mass is 1130 g/mol. The number of rotatable bonds is 16. The van der Waals surface area contributed by atoms with E-state index in [4.69, 9.17) is 28.7 Å². The van der Waals surface area contributed by atoms with E-state index >= 15 is 0 Å². The number of ether oxygens (including phenoxy) is 5. The number of methoxy groups -OCH3 is 2. The average molecular weight is 1130 g/mol. The number of halogens is 2. The molecule has 0 spiro atoms. The number of benzene rings is 3. The summed E-state index contributed by atoms with van der Waals surface area (Å²) in [6, 6.07) is 19.8. The molecular weight excluding hydrogens is 1060 g/mol. The molecule has 3 aromatic carbocycles. The molecule has 2 aliphatic carbocycles. The van der Waals surface area contributed by atoms with Crippen molar-refractivity contribution in [3.63, 3.8) is 0 Å². The third-order valence-electron chi connectivity index (χ3n) is 12.7. The first-order chi connectivity index (χ1) is 37.0. The van der Waals surface area contributed by atoms with Crippen molar-refractivity contribution in [2.75, 3.05) is 50.3 Å². The Bertz CT molecular complexity index is 3370. The van der Waals surface area contributed by atoms with Crippen molar-refractivity contribution in [3.8, 4) is 34.0 Å². The number of aromatic nitrogens is 4. The highest BCUT2D eigenvalue weighted by molar-refractivity contribution is 9.10. The van der Waals surface area contributed by atoms with Crippen LogP contribution in [0, 0.1) is 26.6 Å². The molecule has 4 aromatic heterocycles. The molecule has 0 atom stereocenters. The van der Waals surface area contributed by atoms with Crippen LogP contribution in [0.25, 0.3) is 33.8 Å². The van der Waals surface area contributed by atoms with Crippen LogP contribution >= 0.6 is 15.9 Å². The van der Waals surface area contributed by atoms with Gasteiger partial charge in [-0.25, -0.2) is 23.9 Å². The van der Waals surface area contributed by atoms with Crippen LogP contribution < -0.4 is 25.2 Å². The molecule has 0 bridgehead atoms. The van der Waals surface area contributed by atoms with Gasteiger partial charge in [-0.2, -0.15) is 0 Å². The molecular formula is C59H68BrFN8O9. The van der Waals surface area contributed by atoms with Gasteiger partial charge in [-0.3, -0.25) is 28.2 Å². The number of amides is 4. The number of pyridine rings is 2. The highest BCUT2D eigenvalue weighted by atomic mass is 79.9. The minimum absolute atomic E-state index is 0.0362. The molecule has 2 fully saturated rings. The third kappa shape index (κ3) is 14.0. The zero-order valence-corrected chi connectivity index (χ0v) is 47.7. The van der Waals surface area contributed by atoms with Crippen LogP contribution in [-0.2, 0) is 18.9 Å². The standard InChI is InChI=1S/C33H37FN4O5.C26H31BrN4O4/c1-20-7-9-23(34)16-29(20)42-25-17-27(37(13-14-41-6)32(40)43-33(3,4)5)30-35-18-28(38(30)19-25)22-8-12-26(21(2)15-22)31(39)36-24-10-11-24;1-16-12-17(6-9-20(16)24(32)29-19-7-8-19)22-14-28-23-21(13-18(27)15-31(22)23)30(10-11-34-5)25(33)35-26(2,3)4/h7-9,12,15-19,24H,10-11,13-14H2,1-6H3,(H,36,39);6,9,12-15,19H,7-8,10-11H2,1-5H3,(H,29,32). The van der Waals surface area contributed by atoms with Crippen LogP contribution in [0.2, 0.25) is 0 Å². The van der Waals surface area contributed by atoms with Crippen molar-refractivity contribution in [1.29, 1.82) is 0 Å². The van der Waals surface area contributed by atoms with Gasteiger partial charge in [0, 0.05) is 71.4 Å². The zero-order valence-electron chi connectivity index (χ0n) is 46.1. The van der Waals surface area contributed by atoms with E-state index < -0.39 is 29.2 Å². The molecule has 0 radical (unpaired) electrons. The number of hydrogen-bond donors (Lipinski definition) is 2. The summed E-state index contributed by atoms with van der Waals surface area (Å²) in [6.45, 7) is 17.6. The highest BCUT2D eigenvalue weighted by Crippen LogP contribution is 2.37. The summed E-state index contributed by atoms with van der Waals surface area (Å²) in [5.74, 6) is 0.153. The van der Waals surface area contributed by atoms with E-state index in [1.54, 1.807) is 70.6 Å². The molecule has 412 valence electrons. The number of hydrogen-bond acceptors (Lipinski definition) is 11. The van der Waals surface area contributed by atoms with Gasteiger partial charge >= 0.3 is 12.2 Å². The van der Waals surface area contributed by atoms with Crippen molar-refractivity contribution in [2.45, 2.75) is 111 Å². The van der Waals surface area contributed by atoms with E-state index in [2.05, 4.69) is 31.5 Å². The van der Waals surface area contributed by atoms with Crippen molar-refractivity contribution in [1.82, 2.24) is 29.4 Å². The first-order valence-corrected chi connectivity index (χ1v) is 26.7. The topological polar surface area (TPSA) is 180 Å². The fraction of sp³-hybridized carbons (Fsp3) is 0.390. The summed E-state index contributed by atoms with van der Waals surface area (Å²) < 4.78 is 46.8. The molecule has 4 amide bonds. The average Bonchev–Trinajstić information content (AvgIpc) is 4.30. The quantitative estimate of drug-likeness (QED) is 0.0940. The van der Waals surface area contributed by atoms with Crippen LogP contribution in [0.15, 0.2) is 96.0 Å². The van der Waals surface area contributed by atoms with Gasteiger partial charge in [0.25, 0.3) is 11.8 Å². The molecule has 0 unspecified atom stereocenters. The SMILES string of the molecule is COCCN(C(=O)OC(C)(C)C)c1cc(Br)cn2c(-c3ccc(C(=O)NC4CC4)c(C)c3)cnc12.COCCN(C(=O)OC(C)(C)C)c1cc(Oc2cc(F)ccc2C)cn2c(-c3ccc(C(=O)NC4CC4)c(C)c3)cnc12. The van der Waals surface area contributed by atoms with Gasteiger partial charge in [0.2, 0.25) is 0 Å². The molecule has 9 rings (SSSR count). The summed E-state index contributed by atoms with van der Waals surface area (Å²) in [5, 5.41) is 6.08. The fourth-order valence-electron chi connectivity index (χ4n) is 8.53. The smallest absolute Gasteiger partial charge is 0.415 e. The Kier molecular flexibility index (Phi) is 17.3. The molecule has 19 heteroatoms. The second kappa shape index (κ2) is 23.7.